The van der Waals surface area contributed by atoms with Gasteiger partial charge < -0.3 is 34.6 Å². The summed E-state index contributed by atoms with van der Waals surface area (Å²) in [6, 6.07) is 4.59. The number of phenolic OH excluding ortho intramolecular Hbond substituents is 2. The number of hydrogen-bond acceptors (Lipinski definition) is 9. The molecule has 0 aromatic heterocycles. The fraction of sp³-hybridized carbons (Fsp3) is 0.481. The van der Waals surface area contributed by atoms with Gasteiger partial charge in [0.25, 0.3) is 0 Å². The number of ketones is 2. The SMILES string of the molecule is COc1cccc2c1C(=O)c1c(O)c3c(c(O)c1C2=O)C[C@](C)(O)C[C@@H]3OC1CC(C)C(O)C(C)O1. The third-order valence-corrected chi connectivity index (χ3v) is 7.58. The summed E-state index contributed by atoms with van der Waals surface area (Å²) in [4.78, 5) is 27.0. The number of benzene rings is 2. The molecule has 2 aliphatic carbocycles. The number of carbonyl (C=O) groups is 2. The number of rotatable bonds is 3. The van der Waals surface area contributed by atoms with E-state index in [1.165, 1.54) is 13.2 Å². The van der Waals surface area contributed by atoms with Gasteiger partial charge in [-0.15, -0.1) is 0 Å². The maximum absolute atomic E-state index is 13.6. The van der Waals surface area contributed by atoms with Gasteiger partial charge in [0.15, 0.2) is 12.1 Å². The van der Waals surface area contributed by atoms with Gasteiger partial charge in [0, 0.05) is 36.0 Å². The second kappa shape index (κ2) is 8.55. The van der Waals surface area contributed by atoms with E-state index in [4.69, 9.17) is 14.2 Å². The predicted octanol–water partition coefficient (Wildman–Crippen LogP) is 2.77. The molecule has 4 N–H and O–H groups in total. The Morgan fingerprint density at radius 2 is 1.75 bits per heavy atom. The summed E-state index contributed by atoms with van der Waals surface area (Å²) in [6.45, 7) is 5.18. The van der Waals surface area contributed by atoms with Gasteiger partial charge in [-0.05, 0) is 25.8 Å². The van der Waals surface area contributed by atoms with Crippen LogP contribution < -0.4 is 4.74 Å². The smallest absolute Gasteiger partial charge is 0.202 e. The molecule has 1 aliphatic heterocycles. The van der Waals surface area contributed by atoms with E-state index in [1.807, 2.05) is 6.92 Å². The van der Waals surface area contributed by atoms with E-state index >= 15 is 0 Å². The summed E-state index contributed by atoms with van der Waals surface area (Å²) in [5, 5.41) is 43.9. The Morgan fingerprint density at radius 3 is 2.42 bits per heavy atom. The molecule has 9 heteroatoms. The summed E-state index contributed by atoms with van der Waals surface area (Å²) < 4.78 is 17.3. The van der Waals surface area contributed by atoms with E-state index in [-0.39, 0.29) is 57.9 Å². The van der Waals surface area contributed by atoms with Crippen LogP contribution in [-0.2, 0) is 15.9 Å². The fourth-order valence-corrected chi connectivity index (χ4v) is 5.77. The highest BCUT2D eigenvalue weighted by Crippen LogP contribution is 2.52. The minimum Gasteiger partial charge on any atom is -0.507 e. The zero-order valence-corrected chi connectivity index (χ0v) is 20.6. The van der Waals surface area contributed by atoms with E-state index in [0.717, 1.165) is 0 Å². The van der Waals surface area contributed by atoms with Crippen molar-refractivity contribution in [2.24, 2.45) is 5.92 Å². The molecule has 1 saturated heterocycles. The Bertz CT molecular complexity index is 1250. The molecule has 9 nitrogen and oxygen atoms in total. The third-order valence-electron chi connectivity index (χ3n) is 7.58. The van der Waals surface area contributed by atoms with Crippen LogP contribution in [-0.4, -0.2) is 63.2 Å². The first-order valence-electron chi connectivity index (χ1n) is 12.0. The van der Waals surface area contributed by atoms with E-state index in [1.54, 1.807) is 26.0 Å². The van der Waals surface area contributed by atoms with Crippen LogP contribution in [0.3, 0.4) is 0 Å². The van der Waals surface area contributed by atoms with E-state index in [0.29, 0.717) is 6.42 Å². The molecule has 6 atom stereocenters. The number of methoxy groups -OCH3 is 1. The van der Waals surface area contributed by atoms with E-state index < -0.39 is 53.3 Å². The summed E-state index contributed by atoms with van der Waals surface area (Å²) in [5.41, 5.74) is -1.57. The van der Waals surface area contributed by atoms with Crippen molar-refractivity contribution in [3.8, 4) is 17.2 Å². The number of phenols is 2. The number of ether oxygens (including phenoxy) is 3. The number of aliphatic hydroxyl groups excluding tert-OH is 1. The minimum absolute atomic E-state index is 0.0136. The molecule has 3 aliphatic rings. The molecule has 0 radical (unpaired) electrons. The molecule has 0 spiro atoms. The zero-order valence-electron chi connectivity index (χ0n) is 20.6. The van der Waals surface area contributed by atoms with Crippen LogP contribution in [0.5, 0.6) is 17.2 Å². The molecule has 5 rings (SSSR count). The lowest BCUT2D eigenvalue weighted by molar-refractivity contribution is -0.255. The summed E-state index contributed by atoms with van der Waals surface area (Å²) in [5.74, 6) is -2.13. The van der Waals surface area contributed by atoms with Gasteiger partial charge >= 0.3 is 0 Å². The van der Waals surface area contributed by atoms with E-state index in [2.05, 4.69) is 0 Å². The number of aromatic hydroxyl groups is 2. The van der Waals surface area contributed by atoms with Crippen molar-refractivity contribution in [2.45, 2.75) is 70.2 Å². The van der Waals surface area contributed by atoms with Crippen molar-refractivity contribution in [3.05, 3.63) is 51.6 Å². The van der Waals surface area contributed by atoms with Crippen LogP contribution in [0.4, 0.5) is 0 Å². The maximum atomic E-state index is 13.6. The lowest BCUT2D eigenvalue weighted by Crippen LogP contribution is -2.45. The lowest BCUT2D eigenvalue weighted by atomic mass is 9.73. The monoisotopic (exact) mass is 498 g/mol. The van der Waals surface area contributed by atoms with Crippen molar-refractivity contribution >= 4 is 11.6 Å². The van der Waals surface area contributed by atoms with Crippen LogP contribution in [0, 0.1) is 5.92 Å². The molecule has 0 saturated carbocycles. The van der Waals surface area contributed by atoms with Crippen molar-refractivity contribution in [3.63, 3.8) is 0 Å². The quantitative estimate of drug-likeness (QED) is 0.401. The van der Waals surface area contributed by atoms with Crippen LogP contribution in [0.2, 0.25) is 0 Å². The first kappa shape index (κ1) is 24.7. The highest BCUT2D eigenvalue weighted by Gasteiger charge is 2.46. The highest BCUT2D eigenvalue weighted by atomic mass is 16.7. The summed E-state index contributed by atoms with van der Waals surface area (Å²) >= 11 is 0. The fourth-order valence-electron chi connectivity index (χ4n) is 5.77. The van der Waals surface area contributed by atoms with Crippen LogP contribution in [0.1, 0.15) is 82.7 Å². The standard InChI is InChI=1S/C27H30O9/c1-11-8-17(35-12(2)22(11)28)36-16-10-27(3,33)9-14-19(16)26(32)21-20(24(14)30)23(29)13-6-5-7-15(34-4)18(13)25(21)31/h5-7,11-12,16-17,22,28,30,32-33H,8-10H2,1-4H3/t11?,12?,16-,17?,22?,27-/m0/s1. The largest absolute Gasteiger partial charge is 0.507 e. The highest BCUT2D eigenvalue weighted by molar-refractivity contribution is 6.31. The Balaban J connectivity index is 1.65. The van der Waals surface area contributed by atoms with Crippen molar-refractivity contribution < 1.29 is 44.2 Å². The zero-order chi connectivity index (χ0) is 26.1. The molecule has 192 valence electrons. The van der Waals surface area contributed by atoms with Crippen LogP contribution in [0.25, 0.3) is 0 Å². The Kier molecular flexibility index (Phi) is 5.87. The average Bonchev–Trinajstić information content (AvgIpc) is 2.81. The number of aliphatic hydroxyl groups is 2. The molecule has 0 bridgehead atoms. The first-order chi connectivity index (χ1) is 16.9. The molecular weight excluding hydrogens is 468 g/mol. The summed E-state index contributed by atoms with van der Waals surface area (Å²) in [7, 11) is 1.38. The Hall–Kier alpha value is -2.98. The van der Waals surface area contributed by atoms with Gasteiger partial charge in [-0.2, -0.15) is 0 Å². The van der Waals surface area contributed by atoms with Gasteiger partial charge in [-0.25, -0.2) is 0 Å². The van der Waals surface area contributed by atoms with Crippen molar-refractivity contribution in [1.29, 1.82) is 0 Å². The second-order valence-electron chi connectivity index (χ2n) is 10.4. The molecule has 36 heavy (non-hydrogen) atoms. The first-order valence-corrected chi connectivity index (χ1v) is 12.0. The predicted molar refractivity (Wildman–Crippen MR) is 127 cm³/mol. The Labute approximate surface area is 208 Å². The number of fused-ring (bicyclic) bond motifs is 3. The summed E-state index contributed by atoms with van der Waals surface area (Å²) in [6.07, 6.45) is -2.47. The van der Waals surface area contributed by atoms with Crippen molar-refractivity contribution in [1.82, 2.24) is 0 Å². The molecule has 2 aromatic carbocycles. The van der Waals surface area contributed by atoms with Crippen LogP contribution in [0.15, 0.2) is 18.2 Å². The molecule has 1 fully saturated rings. The third kappa shape index (κ3) is 3.69. The molecule has 2 aromatic rings. The lowest BCUT2D eigenvalue weighted by Gasteiger charge is -2.42. The molecule has 4 unspecified atom stereocenters. The normalized spacial score (nSPS) is 31.4. The molecular formula is C27H30O9. The Morgan fingerprint density at radius 1 is 1.06 bits per heavy atom. The van der Waals surface area contributed by atoms with Crippen LogP contribution >= 0.6 is 0 Å². The second-order valence-corrected chi connectivity index (χ2v) is 10.4. The van der Waals surface area contributed by atoms with Gasteiger partial charge in [0.1, 0.15) is 17.2 Å². The van der Waals surface area contributed by atoms with Crippen molar-refractivity contribution in [2.75, 3.05) is 7.11 Å². The van der Waals surface area contributed by atoms with E-state index in [9.17, 15) is 30.0 Å². The molecule has 1 heterocycles. The number of carbonyl (C=O) groups excluding carboxylic acids is 2. The topological polar surface area (TPSA) is 143 Å². The van der Waals surface area contributed by atoms with Gasteiger partial charge in [0.05, 0.1) is 47.7 Å². The maximum Gasteiger partial charge on any atom is 0.202 e. The van der Waals surface area contributed by atoms with Gasteiger partial charge in [-0.1, -0.05) is 19.1 Å². The number of hydrogen-bond donors (Lipinski definition) is 4. The van der Waals surface area contributed by atoms with Gasteiger partial charge in [-0.3, -0.25) is 9.59 Å². The van der Waals surface area contributed by atoms with Gasteiger partial charge in [0.2, 0.25) is 5.78 Å². The average molecular weight is 499 g/mol. The minimum atomic E-state index is -1.33. The molecule has 0 amide bonds.